The number of ether oxygens (including phenoxy) is 3. The number of hydrogen-bond acceptors (Lipinski definition) is 5. The molecule has 2 aliphatic rings. The van der Waals surface area contributed by atoms with Crippen molar-refractivity contribution >= 4 is 5.91 Å². The summed E-state index contributed by atoms with van der Waals surface area (Å²) in [6.07, 6.45) is 0.442. The summed E-state index contributed by atoms with van der Waals surface area (Å²) in [5, 5.41) is 6.34. The van der Waals surface area contributed by atoms with Crippen LogP contribution in [-0.2, 0) is 14.9 Å². The van der Waals surface area contributed by atoms with Crippen LogP contribution < -0.4 is 20.1 Å². The summed E-state index contributed by atoms with van der Waals surface area (Å²) in [6, 6.07) is 6.10. The van der Waals surface area contributed by atoms with Crippen molar-refractivity contribution in [3.05, 3.63) is 23.8 Å². The third kappa shape index (κ3) is 4.19. The molecule has 0 radical (unpaired) electrons. The van der Waals surface area contributed by atoms with Crippen LogP contribution in [0.15, 0.2) is 18.2 Å². The molecule has 1 fully saturated rings. The average Bonchev–Trinajstić information content (AvgIpc) is 2.60. The maximum Gasteiger partial charge on any atom is 0.221 e. The fourth-order valence-electron chi connectivity index (χ4n) is 2.93. The maximum atomic E-state index is 12.2. The molecule has 1 unspecified atom stereocenters. The van der Waals surface area contributed by atoms with Crippen molar-refractivity contribution < 1.29 is 19.0 Å². The number of carbonyl (C=O) groups excluding carboxylic acids is 1. The summed E-state index contributed by atoms with van der Waals surface area (Å²) < 4.78 is 16.6. The molecule has 3 rings (SSSR count). The maximum absolute atomic E-state index is 12.2. The Bertz CT molecular complexity index is 582. The first kappa shape index (κ1) is 17.0. The Morgan fingerprint density at radius 3 is 2.79 bits per heavy atom. The molecule has 1 saturated heterocycles. The Labute approximate surface area is 142 Å². The van der Waals surface area contributed by atoms with E-state index in [0.29, 0.717) is 32.8 Å². The van der Waals surface area contributed by atoms with E-state index in [-0.39, 0.29) is 17.4 Å². The van der Waals surface area contributed by atoms with Crippen molar-refractivity contribution in [1.82, 2.24) is 10.6 Å². The largest absolute Gasteiger partial charge is 0.486 e. The van der Waals surface area contributed by atoms with Gasteiger partial charge in [0.1, 0.15) is 13.2 Å². The molecule has 0 saturated carbocycles. The Morgan fingerprint density at radius 1 is 1.25 bits per heavy atom. The van der Waals surface area contributed by atoms with Gasteiger partial charge in [0.15, 0.2) is 11.5 Å². The van der Waals surface area contributed by atoms with Gasteiger partial charge in [0.25, 0.3) is 0 Å². The predicted octanol–water partition coefficient (Wildman–Crippen LogP) is 1.23. The highest BCUT2D eigenvalue weighted by Crippen LogP contribution is 2.34. The van der Waals surface area contributed by atoms with E-state index in [2.05, 4.69) is 24.5 Å². The van der Waals surface area contributed by atoms with Gasteiger partial charge in [-0.1, -0.05) is 19.9 Å². The number of rotatable bonds is 5. The van der Waals surface area contributed by atoms with Crippen molar-refractivity contribution in [3.63, 3.8) is 0 Å². The molecule has 0 bridgehead atoms. The van der Waals surface area contributed by atoms with Crippen LogP contribution in [0.4, 0.5) is 0 Å². The van der Waals surface area contributed by atoms with E-state index in [9.17, 15) is 4.79 Å². The second kappa shape index (κ2) is 7.40. The summed E-state index contributed by atoms with van der Waals surface area (Å²) >= 11 is 0. The molecular weight excluding hydrogens is 308 g/mol. The lowest BCUT2D eigenvalue weighted by molar-refractivity contribution is -0.122. The minimum absolute atomic E-state index is 0.0450. The fourth-order valence-corrected chi connectivity index (χ4v) is 2.93. The zero-order valence-corrected chi connectivity index (χ0v) is 14.4. The van der Waals surface area contributed by atoms with Gasteiger partial charge < -0.3 is 24.8 Å². The van der Waals surface area contributed by atoms with Crippen LogP contribution in [0.25, 0.3) is 0 Å². The van der Waals surface area contributed by atoms with Crippen LogP contribution >= 0.6 is 0 Å². The van der Waals surface area contributed by atoms with Crippen LogP contribution in [-0.4, -0.2) is 51.5 Å². The van der Waals surface area contributed by atoms with Gasteiger partial charge in [0.2, 0.25) is 5.91 Å². The molecule has 2 aliphatic heterocycles. The van der Waals surface area contributed by atoms with Crippen molar-refractivity contribution in [2.75, 3.05) is 39.5 Å². The van der Waals surface area contributed by atoms with E-state index < -0.39 is 0 Å². The van der Waals surface area contributed by atoms with Gasteiger partial charge in [0.05, 0.1) is 13.2 Å². The Hall–Kier alpha value is -1.79. The zero-order valence-electron chi connectivity index (χ0n) is 14.4. The number of nitrogens with one attached hydrogen (secondary N) is 2. The highest BCUT2D eigenvalue weighted by atomic mass is 16.6. The lowest BCUT2D eigenvalue weighted by atomic mass is 9.84. The number of carbonyl (C=O) groups is 1. The van der Waals surface area contributed by atoms with E-state index in [0.717, 1.165) is 30.2 Å². The van der Waals surface area contributed by atoms with E-state index in [1.165, 1.54) is 0 Å². The van der Waals surface area contributed by atoms with E-state index in [1.807, 2.05) is 18.2 Å². The van der Waals surface area contributed by atoms with E-state index in [4.69, 9.17) is 14.2 Å². The van der Waals surface area contributed by atoms with E-state index >= 15 is 0 Å². The molecule has 6 nitrogen and oxygen atoms in total. The van der Waals surface area contributed by atoms with E-state index in [1.54, 1.807) is 0 Å². The van der Waals surface area contributed by atoms with Crippen LogP contribution in [0.3, 0.4) is 0 Å². The molecule has 1 aromatic rings. The summed E-state index contributed by atoms with van der Waals surface area (Å²) in [6.45, 7) is 8.07. The first-order valence-corrected chi connectivity index (χ1v) is 8.52. The summed E-state index contributed by atoms with van der Waals surface area (Å²) in [7, 11) is 0. The van der Waals surface area contributed by atoms with Gasteiger partial charge in [0, 0.05) is 31.0 Å². The minimum Gasteiger partial charge on any atom is -0.486 e. The van der Waals surface area contributed by atoms with Gasteiger partial charge in [-0.25, -0.2) is 0 Å². The molecule has 2 heterocycles. The Kier molecular flexibility index (Phi) is 5.26. The molecule has 6 heteroatoms. The summed E-state index contributed by atoms with van der Waals surface area (Å²) in [5.41, 5.74) is 0.924. The van der Waals surface area contributed by atoms with Crippen LogP contribution in [0.2, 0.25) is 0 Å². The molecule has 1 atom stereocenters. The van der Waals surface area contributed by atoms with Gasteiger partial charge in [-0.15, -0.1) is 0 Å². The van der Waals surface area contributed by atoms with Gasteiger partial charge >= 0.3 is 0 Å². The normalized spacial score (nSPS) is 20.5. The van der Waals surface area contributed by atoms with Gasteiger partial charge in [-0.3, -0.25) is 4.79 Å². The van der Waals surface area contributed by atoms with Crippen molar-refractivity contribution in [1.29, 1.82) is 0 Å². The third-order valence-corrected chi connectivity index (χ3v) is 4.48. The smallest absolute Gasteiger partial charge is 0.221 e. The highest BCUT2D eigenvalue weighted by molar-refractivity contribution is 5.76. The number of morpholine rings is 1. The first-order valence-electron chi connectivity index (χ1n) is 8.52. The summed E-state index contributed by atoms with van der Waals surface area (Å²) in [5.74, 6) is 1.61. The van der Waals surface area contributed by atoms with Crippen LogP contribution in [0.1, 0.15) is 25.8 Å². The fraction of sp³-hybridized carbons (Fsp3) is 0.611. The molecule has 0 aromatic heterocycles. The lowest BCUT2D eigenvalue weighted by Crippen LogP contribution is -2.45. The average molecular weight is 334 g/mol. The molecule has 1 aromatic carbocycles. The molecule has 0 spiro atoms. The first-order chi connectivity index (χ1) is 11.5. The van der Waals surface area contributed by atoms with Crippen LogP contribution in [0.5, 0.6) is 11.5 Å². The van der Waals surface area contributed by atoms with Crippen molar-refractivity contribution in [2.45, 2.75) is 31.7 Å². The monoisotopic (exact) mass is 334 g/mol. The number of amides is 1. The molecule has 0 aliphatic carbocycles. The SMILES string of the molecule is CC(C)(CNC(=O)CC1COCCN1)c1ccc2c(c1)OCCO2. The quantitative estimate of drug-likeness (QED) is 0.848. The zero-order chi connectivity index (χ0) is 17.0. The van der Waals surface area contributed by atoms with Gasteiger partial charge in [-0.05, 0) is 17.7 Å². The summed E-state index contributed by atoms with van der Waals surface area (Å²) in [4.78, 5) is 12.2. The lowest BCUT2D eigenvalue weighted by Gasteiger charge is -2.28. The molecule has 2 N–H and O–H groups in total. The minimum atomic E-state index is -0.192. The van der Waals surface area contributed by atoms with Crippen molar-refractivity contribution in [2.24, 2.45) is 0 Å². The molecule has 24 heavy (non-hydrogen) atoms. The second-order valence-electron chi connectivity index (χ2n) is 6.95. The highest BCUT2D eigenvalue weighted by Gasteiger charge is 2.25. The standard InChI is InChI=1S/C18H26N2O4/c1-18(2,12-20-17(21)10-14-11-22-6-5-19-14)13-3-4-15-16(9-13)24-8-7-23-15/h3-4,9,14,19H,5-8,10-12H2,1-2H3,(H,20,21). The predicted molar refractivity (Wildman–Crippen MR) is 90.7 cm³/mol. The molecular formula is C18H26N2O4. The number of fused-ring (bicyclic) bond motifs is 1. The number of hydrogen-bond donors (Lipinski definition) is 2. The third-order valence-electron chi connectivity index (χ3n) is 4.48. The molecule has 132 valence electrons. The van der Waals surface area contributed by atoms with Crippen LogP contribution in [0, 0.1) is 0 Å². The topological polar surface area (TPSA) is 68.8 Å². The van der Waals surface area contributed by atoms with Crippen molar-refractivity contribution in [3.8, 4) is 11.5 Å². The Morgan fingerprint density at radius 2 is 2.04 bits per heavy atom. The van der Waals surface area contributed by atoms with Gasteiger partial charge in [-0.2, -0.15) is 0 Å². The molecule has 1 amide bonds. The Balaban J connectivity index is 1.56. The second-order valence-corrected chi connectivity index (χ2v) is 6.95. The number of benzene rings is 1.